The number of anilines is 2. The lowest BCUT2D eigenvalue weighted by Crippen LogP contribution is -2.40. The van der Waals surface area contributed by atoms with Crippen molar-refractivity contribution in [3.05, 3.63) is 23.7 Å². The monoisotopic (exact) mass is 540 g/mol. The van der Waals surface area contributed by atoms with Gasteiger partial charge in [-0.3, -0.25) is 4.98 Å². The molecule has 3 heterocycles. The van der Waals surface area contributed by atoms with E-state index in [1.165, 1.54) is 19.3 Å². The smallest absolute Gasteiger partial charge is 0.224 e. The van der Waals surface area contributed by atoms with Gasteiger partial charge in [-0.15, -0.1) is 11.3 Å². The lowest BCUT2D eigenvalue weighted by atomic mass is 9.88. The van der Waals surface area contributed by atoms with E-state index in [1.54, 1.807) is 31.4 Å². The Labute approximate surface area is 228 Å². The van der Waals surface area contributed by atoms with Crippen LogP contribution >= 0.6 is 11.3 Å². The first-order chi connectivity index (χ1) is 18.0. The molecule has 0 aromatic carbocycles. The summed E-state index contributed by atoms with van der Waals surface area (Å²) < 4.78 is 1.03. The molecule has 5 rings (SSSR count). The number of thiazole rings is 1. The van der Waals surface area contributed by atoms with Gasteiger partial charge in [0, 0.05) is 18.7 Å². The maximum atomic E-state index is 10.9. The van der Waals surface area contributed by atoms with E-state index in [0.717, 1.165) is 38.7 Å². The third-order valence-electron chi connectivity index (χ3n) is 8.98. The summed E-state index contributed by atoms with van der Waals surface area (Å²) in [5, 5.41) is 39.8. The molecular formula is C28H40N6O3S. The molecule has 0 amide bonds. The quantitative estimate of drug-likeness (QED) is 0.269. The summed E-state index contributed by atoms with van der Waals surface area (Å²) in [4.78, 5) is 18.9. The van der Waals surface area contributed by atoms with Gasteiger partial charge in [0.05, 0.1) is 39.4 Å². The highest BCUT2D eigenvalue weighted by atomic mass is 32.1. The molecule has 2 fully saturated rings. The highest BCUT2D eigenvalue weighted by Crippen LogP contribution is 2.57. The maximum Gasteiger partial charge on any atom is 0.224 e. The third-order valence-corrected chi connectivity index (χ3v) is 10.0. The van der Waals surface area contributed by atoms with Crippen LogP contribution in [0.3, 0.4) is 0 Å². The molecule has 5 N–H and O–H groups in total. The first kappa shape index (κ1) is 27.2. The Balaban J connectivity index is 1.49. The predicted octanol–water partition coefficient (Wildman–Crippen LogP) is 4.30. The van der Waals surface area contributed by atoms with Crippen molar-refractivity contribution in [3.8, 4) is 10.6 Å². The third kappa shape index (κ3) is 4.87. The van der Waals surface area contributed by atoms with E-state index in [-0.39, 0.29) is 0 Å². The van der Waals surface area contributed by atoms with Crippen molar-refractivity contribution < 1.29 is 15.3 Å². The van der Waals surface area contributed by atoms with Crippen molar-refractivity contribution in [2.45, 2.75) is 91.1 Å². The number of nitrogens with one attached hydrogen (secondary N) is 2. The molecule has 5 atom stereocenters. The number of hydrogen-bond acceptors (Lipinski definition) is 10. The molecule has 0 spiro atoms. The first-order valence-corrected chi connectivity index (χ1v) is 14.5. The summed E-state index contributed by atoms with van der Waals surface area (Å²) in [7, 11) is 0. The molecule has 2 aliphatic rings. The van der Waals surface area contributed by atoms with E-state index >= 15 is 0 Å². The van der Waals surface area contributed by atoms with Gasteiger partial charge >= 0.3 is 0 Å². The lowest BCUT2D eigenvalue weighted by molar-refractivity contribution is -0.0601. The number of aryl methyl sites for hydroxylation is 2. The van der Waals surface area contributed by atoms with Crippen molar-refractivity contribution >= 4 is 33.3 Å². The standard InChI is InChI=1S/C28H40N6O3S/c1-7-28(8-2)12-16(28)13-30-26-31-14(3)20(25-33-21-15(4)29-10-9-19(21)38-25)24(34-26)32-18-11-17(27(5,6)37)22(35)23(18)36/h9-10,16-18,22-23,35-37H,7-8,11-13H2,1-6H3,(H2,30,31,32,34)/t16?,17-,18+,22+,23-/m0/s1. The van der Waals surface area contributed by atoms with Crippen LogP contribution in [0.4, 0.5) is 11.8 Å². The average Bonchev–Trinajstić information content (AvgIpc) is 3.28. The van der Waals surface area contributed by atoms with Gasteiger partial charge in [0.2, 0.25) is 5.95 Å². The second-order valence-electron chi connectivity index (χ2n) is 11.7. The van der Waals surface area contributed by atoms with Crippen LogP contribution in [0.25, 0.3) is 20.8 Å². The molecule has 2 aliphatic carbocycles. The summed E-state index contributed by atoms with van der Waals surface area (Å²) in [5.41, 5.74) is 2.55. The molecule has 2 saturated carbocycles. The number of aromatic nitrogens is 4. The fourth-order valence-electron chi connectivity index (χ4n) is 6.21. The summed E-state index contributed by atoms with van der Waals surface area (Å²) in [6.45, 7) is 12.6. The number of aliphatic hydroxyl groups excluding tert-OH is 2. The SMILES string of the molecule is CCC1(CC)CC1CNc1nc(C)c(-c2nc3c(C)nccc3s2)c(N[C@@H]2C[C@H](C(C)(C)O)[C@@H](O)[C@H]2O)n1. The average molecular weight is 541 g/mol. The molecule has 206 valence electrons. The molecule has 0 bridgehead atoms. The van der Waals surface area contributed by atoms with E-state index in [1.807, 2.05) is 19.9 Å². The molecule has 1 unspecified atom stereocenters. The number of aliphatic hydroxyl groups is 3. The molecule has 3 aromatic heterocycles. The van der Waals surface area contributed by atoms with Crippen LogP contribution in [0.15, 0.2) is 12.3 Å². The number of nitrogens with zero attached hydrogens (tertiary/aromatic N) is 4. The van der Waals surface area contributed by atoms with Crippen LogP contribution in [-0.4, -0.2) is 65.7 Å². The normalized spacial score (nSPS) is 26.6. The van der Waals surface area contributed by atoms with Crippen LogP contribution in [0, 0.1) is 31.1 Å². The highest BCUT2D eigenvalue weighted by Gasteiger charge is 2.50. The van der Waals surface area contributed by atoms with E-state index in [0.29, 0.717) is 29.5 Å². The summed E-state index contributed by atoms with van der Waals surface area (Å²) >= 11 is 1.55. The van der Waals surface area contributed by atoms with Crippen molar-refractivity contribution in [2.75, 3.05) is 17.2 Å². The molecule has 10 heteroatoms. The van der Waals surface area contributed by atoms with Gasteiger partial charge in [-0.25, -0.2) is 9.97 Å². The first-order valence-electron chi connectivity index (χ1n) is 13.7. The van der Waals surface area contributed by atoms with Gasteiger partial charge in [0.25, 0.3) is 0 Å². The molecule has 38 heavy (non-hydrogen) atoms. The second kappa shape index (κ2) is 9.97. The van der Waals surface area contributed by atoms with Gasteiger partial charge in [0.15, 0.2) is 0 Å². The van der Waals surface area contributed by atoms with Crippen LogP contribution in [0.5, 0.6) is 0 Å². The largest absolute Gasteiger partial charge is 0.390 e. The Bertz CT molecular complexity index is 1320. The zero-order valence-corrected chi connectivity index (χ0v) is 23.9. The van der Waals surface area contributed by atoms with Crippen LogP contribution in [0.2, 0.25) is 0 Å². The van der Waals surface area contributed by atoms with E-state index < -0.39 is 29.8 Å². The molecule has 9 nitrogen and oxygen atoms in total. The van der Waals surface area contributed by atoms with Gasteiger partial charge in [0.1, 0.15) is 22.4 Å². The summed E-state index contributed by atoms with van der Waals surface area (Å²) in [5.74, 6) is 1.23. The van der Waals surface area contributed by atoms with Crippen molar-refractivity contribution in [3.63, 3.8) is 0 Å². The Kier molecular flexibility index (Phi) is 7.13. The topological polar surface area (TPSA) is 136 Å². The van der Waals surface area contributed by atoms with Crippen molar-refractivity contribution in [1.82, 2.24) is 19.9 Å². The molecule has 0 radical (unpaired) electrons. The Morgan fingerprint density at radius 2 is 1.82 bits per heavy atom. The zero-order valence-electron chi connectivity index (χ0n) is 23.1. The van der Waals surface area contributed by atoms with Crippen molar-refractivity contribution in [1.29, 1.82) is 0 Å². The lowest BCUT2D eigenvalue weighted by Gasteiger charge is -2.28. The minimum Gasteiger partial charge on any atom is -0.390 e. The number of hydrogen-bond donors (Lipinski definition) is 5. The molecule has 3 aromatic rings. The van der Waals surface area contributed by atoms with E-state index in [4.69, 9.17) is 15.0 Å². The maximum absolute atomic E-state index is 10.9. The van der Waals surface area contributed by atoms with Crippen LogP contribution in [0.1, 0.15) is 64.8 Å². The van der Waals surface area contributed by atoms with E-state index in [2.05, 4.69) is 29.5 Å². The fraction of sp³-hybridized carbons (Fsp3) is 0.643. The van der Waals surface area contributed by atoms with Gasteiger partial charge in [-0.05, 0) is 57.9 Å². The Morgan fingerprint density at radius 1 is 1.08 bits per heavy atom. The second-order valence-corrected chi connectivity index (χ2v) is 12.7. The number of fused-ring (bicyclic) bond motifs is 1. The minimum atomic E-state index is -1.12. The zero-order chi connectivity index (χ0) is 27.4. The van der Waals surface area contributed by atoms with Gasteiger partial charge in [-0.1, -0.05) is 26.7 Å². The molecule has 0 saturated heterocycles. The Morgan fingerprint density at radius 3 is 2.42 bits per heavy atom. The highest BCUT2D eigenvalue weighted by molar-refractivity contribution is 7.21. The molecule has 0 aliphatic heterocycles. The van der Waals surface area contributed by atoms with Crippen LogP contribution < -0.4 is 10.6 Å². The number of pyridine rings is 1. The summed E-state index contributed by atoms with van der Waals surface area (Å²) in [6, 6.07) is 1.47. The van der Waals surface area contributed by atoms with E-state index in [9.17, 15) is 15.3 Å². The predicted molar refractivity (Wildman–Crippen MR) is 151 cm³/mol. The van der Waals surface area contributed by atoms with Crippen LogP contribution in [-0.2, 0) is 0 Å². The minimum absolute atomic E-state index is 0.400. The molecular weight excluding hydrogens is 500 g/mol. The Hall–Kier alpha value is -2.40. The number of rotatable bonds is 9. The van der Waals surface area contributed by atoms with Gasteiger partial charge < -0.3 is 26.0 Å². The van der Waals surface area contributed by atoms with Crippen molar-refractivity contribution in [2.24, 2.45) is 17.3 Å². The summed E-state index contributed by atoms with van der Waals surface area (Å²) in [6.07, 6.45) is 3.67. The van der Waals surface area contributed by atoms with Gasteiger partial charge in [-0.2, -0.15) is 4.98 Å². The fourth-order valence-corrected chi connectivity index (χ4v) is 7.32.